The van der Waals surface area contributed by atoms with Crippen LogP contribution in [0.4, 0.5) is 0 Å². The Morgan fingerprint density at radius 2 is 1.62 bits per heavy atom. The van der Waals surface area contributed by atoms with Gasteiger partial charge in [0.2, 0.25) is 5.75 Å². The lowest BCUT2D eigenvalue weighted by Crippen LogP contribution is -2.40. The Morgan fingerprint density at radius 1 is 1.05 bits per heavy atom. The molecule has 1 aliphatic rings. The fourth-order valence-corrected chi connectivity index (χ4v) is 3.21. The number of benzene rings is 1. The van der Waals surface area contributed by atoms with E-state index in [1.165, 1.54) is 6.42 Å². The summed E-state index contributed by atoms with van der Waals surface area (Å²) >= 11 is 0. The van der Waals surface area contributed by atoms with Gasteiger partial charge in [-0.25, -0.2) is 0 Å². The first-order chi connectivity index (χ1) is 10.1. The number of para-hydroxylation sites is 1. The van der Waals surface area contributed by atoms with E-state index in [4.69, 9.17) is 14.2 Å². The van der Waals surface area contributed by atoms with Crippen molar-refractivity contribution in [2.24, 2.45) is 11.8 Å². The molecule has 1 aromatic carbocycles. The van der Waals surface area contributed by atoms with Crippen LogP contribution >= 0.6 is 0 Å². The average molecular weight is 293 g/mol. The van der Waals surface area contributed by atoms with Gasteiger partial charge in [-0.2, -0.15) is 0 Å². The summed E-state index contributed by atoms with van der Waals surface area (Å²) in [5.41, 5.74) is 0. The van der Waals surface area contributed by atoms with Gasteiger partial charge in [0.15, 0.2) is 11.5 Å². The van der Waals surface area contributed by atoms with Crippen LogP contribution in [0.3, 0.4) is 0 Å². The summed E-state index contributed by atoms with van der Waals surface area (Å²) in [4.78, 5) is 2.49. The summed E-state index contributed by atoms with van der Waals surface area (Å²) in [5, 5.41) is 0. The van der Waals surface area contributed by atoms with Gasteiger partial charge >= 0.3 is 0 Å². The molecule has 0 bridgehead atoms. The number of likely N-dealkylation sites (tertiary alicyclic amines) is 1. The van der Waals surface area contributed by atoms with E-state index < -0.39 is 0 Å². The van der Waals surface area contributed by atoms with Gasteiger partial charge < -0.3 is 14.2 Å². The molecule has 0 radical (unpaired) electrons. The molecule has 4 nitrogen and oxygen atoms in total. The molecule has 0 saturated carbocycles. The largest absolute Gasteiger partial charge is 0.493 e. The lowest BCUT2D eigenvalue weighted by atomic mass is 9.92. The number of hydrogen-bond donors (Lipinski definition) is 0. The molecule has 0 amide bonds. The van der Waals surface area contributed by atoms with Gasteiger partial charge in [-0.15, -0.1) is 0 Å². The van der Waals surface area contributed by atoms with Crippen LogP contribution in [0.1, 0.15) is 20.3 Å². The van der Waals surface area contributed by atoms with Crippen LogP contribution in [0.25, 0.3) is 0 Å². The number of nitrogens with zero attached hydrogens (tertiary/aromatic N) is 1. The molecule has 1 aromatic rings. The Labute approximate surface area is 128 Å². The van der Waals surface area contributed by atoms with Crippen LogP contribution in [-0.4, -0.2) is 45.4 Å². The van der Waals surface area contributed by atoms with Gasteiger partial charge in [0.05, 0.1) is 14.2 Å². The molecule has 2 rings (SSSR count). The number of hydrogen-bond acceptors (Lipinski definition) is 4. The molecule has 0 spiro atoms. The van der Waals surface area contributed by atoms with Crippen LogP contribution in [0.2, 0.25) is 0 Å². The van der Waals surface area contributed by atoms with Crippen LogP contribution in [0.5, 0.6) is 17.2 Å². The van der Waals surface area contributed by atoms with Crippen molar-refractivity contribution in [3.8, 4) is 17.2 Å². The predicted octanol–water partition coefficient (Wildman–Crippen LogP) is 3.06. The Balaban J connectivity index is 1.91. The lowest BCUT2D eigenvalue weighted by Gasteiger charge is -2.34. The molecule has 1 fully saturated rings. The third kappa shape index (κ3) is 4.27. The summed E-state index contributed by atoms with van der Waals surface area (Å²) < 4.78 is 16.6. The maximum absolute atomic E-state index is 5.93. The van der Waals surface area contributed by atoms with E-state index in [1.807, 2.05) is 18.2 Å². The second-order valence-electron chi connectivity index (χ2n) is 6.05. The minimum Gasteiger partial charge on any atom is -0.493 e. The molecule has 1 saturated heterocycles. The first-order valence-electron chi connectivity index (χ1n) is 7.70. The zero-order valence-corrected chi connectivity index (χ0v) is 13.6. The molecule has 0 N–H and O–H groups in total. The first-order valence-corrected chi connectivity index (χ1v) is 7.70. The van der Waals surface area contributed by atoms with Crippen LogP contribution in [0, 0.1) is 11.8 Å². The van der Waals surface area contributed by atoms with E-state index in [9.17, 15) is 0 Å². The third-order valence-electron chi connectivity index (χ3n) is 3.98. The van der Waals surface area contributed by atoms with E-state index in [1.54, 1.807) is 14.2 Å². The molecule has 1 heterocycles. The van der Waals surface area contributed by atoms with Crippen molar-refractivity contribution < 1.29 is 14.2 Å². The maximum atomic E-state index is 5.93. The Kier molecular flexibility index (Phi) is 5.74. The number of methoxy groups -OCH3 is 2. The first kappa shape index (κ1) is 16.0. The maximum Gasteiger partial charge on any atom is 0.203 e. The van der Waals surface area contributed by atoms with Crippen molar-refractivity contribution in [1.82, 2.24) is 4.90 Å². The highest BCUT2D eigenvalue weighted by Crippen LogP contribution is 2.36. The van der Waals surface area contributed by atoms with Gasteiger partial charge in [0.25, 0.3) is 0 Å². The average Bonchev–Trinajstić information content (AvgIpc) is 2.46. The summed E-state index contributed by atoms with van der Waals surface area (Å²) in [6.07, 6.45) is 1.33. The smallest absolute Gasteiger partial charge is 0.203 e. The number of ether oxygens (including phenoxy) is 3. The van der Waals surface area contributed by atoms with Crippen molar-refractivity contribution in [1.29, 1.82) is 0 Å². The van der Waals surface area contributed by atoms with Crippen molar-refractivity contribution in [2.45, 2.75) is 20.3 Å². The second kappa shape index (κ2) is 7.55. The molecule has 2 atom stereocenters. The van der Waals surface area contributed by atoms with Crippen molar-refractivity contribution in [2.75, 3.05) is 40.5 Å². The molecular weight excluding hydrogens is 266 g/mol. The van der Waals surface area contributed by atoms with Crippen molar-refractivity contribution >= 4 is 0 Å². The summed E-state index contributed by atoms with van der Waals surface area (Å²) in [7, 11) is 3.30. The Hall–Kier alpha value is -1.42. The van der Waals surface area contributed by atoms with Gasteiger partial charge in [-0.3, -0.25) is 4.90 Å². The minimum absolute atomic E-state index is 0.649. The summed E-state index contributed by atoms with van der Waals surface area (Å²) in [6, 6.07) is 5.68. The van der Waals surface area contributed by atoms with Gasteiger partial charge in [-0.05, 0) is 30.4 Å². The number of piperidine rings is 1. The lowest BCUT2D eigenvalue weighted by molar-refractivity contribution is 0.119. The summed E-state index contributed by atoms with van der Waals surface area (Å²) in [5.74, 6) is 3.68. The van der Waals surface area contributed by atoms with Crippen molar-refractivity contribution in [3.05, 3.63) is 18.2 Å². The monoisotopic (exact) mass is 293 g/mol. The van der Waals surface area contributed by atoms with E-state index in [-0.39, 0.29) is 0 Å². The minimum atomic E-state index is 0.649. The predicted molar refractivity (Wildman–Crippen MR) is 84.4 cm³/mol. The molecule has 4 heteroatoms. The quantitative estimate of drug-likeness (QED) is 0.806. The molecule has 0 unspecified atom stereocenters. The molecule has 1 aliphatic heterocycles. The fraction of sp³-hybridized carbons (Fsp3) is 0.647. The van der Waals surface area contributed by atoms with Crippen LogP contribution in [0.15, 0.2) is 18.2 Å². The highest BCUT2D eigenvalue weighted by molar-refractivity contribution is 5.51. The van der Waals surface area contributed by atoms with Crippen LogP contribution < -0.4 is 14.2 Å². The fourth-order valence-electron chi connectivity index (χ4n) is 3.21. The standard InChI is InChI=1S/C17H27NO3/c1-13-10-14(2)12-18(11-13)8-9-21-17-15(19-3)6-5-7-16(17)20-4/h5-7,13-14H,8-12H2,1-4H3/t13-,14-/m1/s1. The zero-order valence-electron chi connectivity index (χ0n) is 13.6. The molecule has 0 aliphatic carbocycles. The number of rotatable bonds is 6. The van der Waals surface area contributed by atoms with Crippen LogP contribution in [-0.2, 0) is 0 Å². The Bertz CT molecular complexity index is 417. The van der Waals surface area contributed by atoms with E-state index in [2.05, 4.69) is 18.7 Å². The van der Waals surface area contributed by atoms with E-state index in [0.29, 0.717) is 12.4 Å². The van der Waals surface area contributed by atoms with Gasteiger partial charge in [-0.1, -0.05) is 19.9 Å². The molecule has 118 valence electrons. The highest BCUT2D eigenvalue weighted by Gasteiger charge is 2.21. The van der Waals surface area contributed by atoms with E-state index in [0.717, 1.165) is 43.0 Å². The third-order valence-corrected chi connectivity index (χ3v) is 3.98. The highest BCUT2D eigenvalue weighted by atomic mass is 16.5. The molecular formula is C17H27NO3. The molecule has 21 heavy (non-hydrogen) atoms. The van der Waals surface area contributed by atoms with Gasteiger partial charge in [0, 0.05) is 19.6 Å². The second-order valence-corrected chi connectivity index (χ2v) is 6.05. The van der Waals surface area contributed by atoms with E-state index >= 15 is 0 Å². The normalized spacial score (nSPS) is 22.9. The molecule has 0 aromatic heterocycles. The zero-order chi connectivity index (χ0) is 15.2. The van der Waals surface area contributed by atoms with Gasteiger partial charge in [0.1, 0.15) is 6.61 Å². The van der Waals surface area contributed by atoms with Crippen molar-refractivity contribution in [3.63, 3.8) is 0 Å². The topological polar surface area (TPSA) is 30.9 Å². The summed E-state index contributed by atoms with van der Waals surface area (Å²) in [6.45, 7) is 8.57. The SMILES string of the molecule is COc1cccc(OC)c1OCCN1C[C@H](C)C[C@@H](C)C1. The Morgan fingerprint density at radius 3 is 2.14 bits per heavy atom.